The molecule has 82 valence electrons. The molecule has 0 N–H and O–H groups in total. The molecule has 1 atom stereocenters. The van der Waals surface area contributed by atoms with Gasteiger partial charge in [-0.2, -0.15) is 0 Å². The van der Waals surface area contributed by atoms with Gasteiger partial charge in [0, 0.05) is 0 Å². The maximum absolute atomic E-state index is 3.80. The van der Waals surface area contributed by atoms with Crippen molar-refractivity contribution in [3.8, 4) is 0 Å². The minimum atomic E-state index is 0.849. The van der Waals surface area contributed by atoms with E-state index in [2.05, 4.69) is 44.7 Å². The number of aryl methyl sites for hydroxylation is 1. The summed E-state index contributed by atoms with van der Waals surface area (Å²) in [5.74, 6) is 0.849. The maximum Gasteiger partial charge on any atom is -0.0260 e. The smallest absolute Gasteiger partial charge is 0.0260 e. The normalized spacial score (nSPS) is 12.4. The van der Waals surface area contributed by atoms with Gasteiger partial charge < -0.3 is 0 Å². The van der Waals surface area contributed by atoms with E-state index in [0.29, 0.717) is 0 Å². The van der Waals surface area contributed by atoms with E-state index >= 15 is 0 Å². The lowest BCUT2D eigenvalue weighted by atomic mass is 9.96. The minimum Gasteiger partial charge on any atom is -0.0985 e. The molecule has 0 spiro atoms. The Balaban J connectivity index is 2.46. The van der Waals surface area contributed by atoms with Crippen molar-refractivity contribution < 1.29 is 0 Å². The zero-order chi connectivity index (χ0) is 11.1. The fourth-order valence-corrected chi connectivity index (χ4v) is 1.93. The molecule has 0 bridgehead atoms. The SMILES string of the molecule is C=Cc1cccc(CCC(C)CCC)c1. The molecule has 0 nitrogen and oxygen atoms in total. The summed E-state index contributed by atoms with van der Waals surface area (Å²) in [5, 5.41) is 0. The topological polar surface area (TPSA) is 0 Å². The monoisotopic (exact) mass is 202 g/mol. The van der Waals surface area contributed by atoms with Crippen LogP contribution in [0.15, 0.2) is 30.8 Å². The zero-order valence-electron chi connectivity index (χ0n) is 10.00. The van der Waals surface area contributed by atoms with Crippen LogP contribution in [0.2, 0.25) is 0 Å². The Bertz CT molecular complexity index is 299. The van der Waals surface area contributed by atoms with Crippen LogP contribution in [-0.4, -0.2) is 0 Å². The van der Waals surface area contributed by atoms with Gasteiger partial charge in [0.25, 0.3) is 0 Å². The standard InChI is InChI=1S/C15H22/c1-4-7-13(3)10-11-15-9-6-8-14(5-2)12-15/h5-6,8-9,12-13H,2,4,7,10-11H2,1,3H3. The highest BCUT2D eigenvalue weighted by atomic mass is 14.1. The van der Waals surface area contributed by atoms with E-state index in [0.717, 1.165) is 5.92 Å². The quantitative estimate of drug-likeness (QED) is 0.627. The van der Waals surface area contributed by atoms with Crippen LogP contribution in [0.5, 0.6) is 0 Å². The van der Waals surface area contributed by atoms with E-state index < -0.39 is 0 Å². The second-order valence-electron chi connectivity index (χ2n) is 4.38. The Morgan fingerprint density at radius 1 is 1.33 bits per heavy atom. The lowest BCUT2D eigenvalue weighted by molar-refractivity contribution is 0.486. The predicted octanol–water partition coefficient (Wildman–Crippen LogP) is 4.70. The number of hydrogen-bond acceptors (Lipinski definition) is 0. The highest BCUT2D eigenvalue weighted by molar-refractivity contribution is 5.47. The third kappa shape index (κ3) is 4.33. The lowest BCUT2D eigenvalue weighted by Crippen LogP contribution is -1.96. The number of benzene rings is 1. The molecule has 1 aromatic carbocycles. The number of hydrogen-bond donors (Lipinski definition) is 0. The van der Waals surface area contributed by atoms with E-state index in [1.807, 2.05) is 6.08 Å². The molecule has 0 saturated heterocycles. The molecule has 1 unspecified atom stereocenters. The van der Waals surface area contributed by atoms with Gasteiger partial charge in [-0.1, -0.05) is 63.6 Å². The van der Waals surface area contributed by atoms with Crippen molar-refractivity contribution in [2.24, 2.45) is 5.92 Å². The van der Waals surface area contributed by atoms with Crippen LogP contribution in [0.1, 0.15) is 44.2 Å². The summed E-state index contributed by atoms with van der Waals surface area (Å²) in [4.78, 5) is 0. The van der Waals surface area contributed by atoms with E-state index in [-0.39, 0.29) is 0 Å². The van der Waals surface area contributed by atoms with E-state index in [9.17, 15) is 0 Å². The Hall–Kier alpha value is -1.04. The maximum atomic E-state index is 3.80. The minimum absolute atomic E-state index is 0.849. The molecule has 0 amide bonds. The molecule has 0 radical (unpaired) electrons. The second-order valence-corrected chi connectivity index (χ2v) is 4.38. The molecular formula is C15H22. The zero-order valence-corrected chi connectivity index (χ0v) is 10.00. The Kier molecular flexibility index (Phi) is 5.17. The van der Waals surface area contributed by atoms with E-state index in [1.54, 1.807) is 0 Å². The van der Waals surface area contributed by atoms with Crippen LogP contribution in [-0.2, 0) is 6.42 Å². The van der Waals surface area contributed by atoms with Gasteiger partial charge in [0.2, 0.25) is 0 Å². The molecule has 0 heteroatoms. The molecule has 0 fully saturated rings. The van der Waals surface area contributed by atoms with Crippen LogP contribution in [0.4, 0.5) is 0 Å². The molecule has 1 rings (SSSR count). The molecule has 0 aliphatic carbocycles. The molecule has 0 aliphatic heterocycles. The Labute approximate surface area is 94.0 Å². The van der Waals surface area contributed by atoms with Gasteiger partial charge in [0.05, 0.1) is 0 Å². The van der Waals surface area contributed by atoms with Crippen LogP contribution >= 0.6 is 0 Å². The first-order valence-electron chi connectivity index (χ1n) is 5.97. The number of rotatable bonds is 6. The molecular weight excluding hydrogens is 180 g/mol. The predicted molar refractivity (Wildman–Crippen MR) is 68.9 cm³/mol. The third-order valence-electron chi connectivity index (χ3n) is 2.89. The van der Waals surface area contributed by atoms with Crippen LogP contribution in [0.3, 0.4) is 0 Å². The average Bonchev–Trinajstić information content (AvgIpc) is 2.27. The van der Waals surface area contributed by atoms with Gasteiger partial charge in [-0.15, -0.1) is 0 Å². The van der Waals surface area contributed by atoms with Gasteiger partial charge in [-0.05, 0) is 29.9 Å². The third-order valence-corrected chi connectivity index (χ3v) is 2.89. The van der Waals surface area contributed by atoms with Crippen LogP contribution in [0.25, 0.3) is 6.08 Å². The van der Waals surface area contributed by atoms with Gasteiger partial charge in [0.1, 0.15) is 0 Å². The molecule has 1 aromatic rings. The largest absolute Gasteiger partial charge is 0.0985 e. The summed E-state index contributed by atoms with van der Waals surface area (Å²) in [7, 11) is 0. The summed E-state index contributed by atoms with van der Waals surface area (Å²) < 4.78 is 0. The molecule has 0 heterocycles. The Morgan fingerprint density at radius 2 is 2.13 bits per heavy atom. The average molecular weight is 202 g/mol. The first kappa shape index (κ1) is 12.0. The van der Waals surface area contributed by atoms with Crippen molar-refractivity contribution in [3.05, 3.63) is 42.0 Å². The fourth-order valence-electron chi connectivity index (χ4n) is 1.93. The van der Waals surface area contributed by atoms with Crippen LogP contribution < -0.4 is 0 Å². The van der Waals surface area contributed by atoms with Crippen LogP contribution in [0, 0.1) is 5.92 Å². The lowest BCUT2D eigenvalue weighted by Gasteiger charge is -2.09. The van der Waals surface area contributed by atoms with Crippen molar-refractivity contribution in [2.45, 2.75) is 39.5 Å². The second kappa shape index (κ2) is 6.44. The molecule has 0 saturated carbocycles. The van der Waals surface area contributed by atoms with Crippen molar-refractivity contribution >= 4 is 6.08 Å². The van der Waals surface area contributed by atoms with E-state index in [4.69, 9.17) is 0 Å². The highest BCUT2D eigenvalue weighted by Crippen LogP contribution is 2.15. The molecule has 15 heavy (non-hydrogen) atoms. The first-order chi connectivity index (χ1) is 7.26. The fraction of sp³-hybridized carbons (Fsp3) is 0.467. The summed E-state index contributed by atoms with van der Waals surface area (Å²) >= 11 is 0. The first-order valence-corrected chi connectivity index (χ1v) is 5.97. The van der Waals surface area contributed by atoms with Gasteiger partial charge in [-0.3, -0.25) is 0 Å². The Morgan fingerprint density at radius 3 is 2.80 bits per heavy atom. The van der Waals surface area contributed by atoms with Gasteiger partial charge in [0.15, 0.2) is 0 Å². The summed E-state index contributed by atoms with van der Waals surface area (Å²) in [6.07, 6.45) is 7.06. The summed E-state index contributed by atoms with van der Waals surface area (Å²) in [6, 6.07) is 8.68. The van der Waals surface area contributed by atoms with Gasteiger partial charge in [-0.25, -0.2) is 0 Å². The van der Waals surface area contributed by atoms with Crippen molar-refractivity contribution in [1.29, 1.82) is 0 Å². The van der Waals surface area contributed by atoms with Crippen molar-refractivity contribution in [1.82, 2.24) is 0 Å². The van der Waals surface area contributed by atoms with Crippen molar-refractivity contribution in [3.63, 3.8) is 0 Å². The molecule has 0 aromatic heterocycles. The highest BCUT2D eigenvalue weighted by Gasteiger charge is 2.01. The van der Waals surface area contributed by atoms with Crippen molar-refractivity contribution in [2.75, 3.05) is 0 Å². The summed E-state index contributed by atoms with van der Waals surface area (Å²) in [6.45, 7) is 8.40. The molecule has 0 aliphatic rings. The van der Waals surface area contributed by atoms with Gasteiger partial charge >= 0.3 is 0 Å². The summed E-state index contributed by atoms with van der Waals surface area (Å²) in [5.41, 5.74) is 2.67. The van der Waals surface area contributed by atoms with E-state index in [1.165, 1.54) is 36.8 Å².